The van der Waals surface area contributed by atoms with Gasteiger partial charge in [-0.15, -0.1) is 0 Å². The molecule has 3 rings (SSSR count). The third-order valence-electron chi connectivity index (χ3n) is 4.46. The summed E-state index contributed by atoms with van der Waals surface area (Å²) >= 11 is 0. The number of carbonyl (C=O) groups is 2. The lowest BCUT2D eigenvalue weighted by atomic mass is 10.2. The van der Waals surface area contributed by atoms with Crippen LogP contribution in [-0.4, -0.2) is 58.6 Å². The first-order valence-corrected chi connectivity index (χ1v) is 8.76. The fraction of sp³-hybridized carbons (Fsp3) is 0.421. The van der Waals surface area contributed by atoms with Gasteiger partial charge in [0.25, 0.3) is 0 Å². The molecule has 1 saturated heterocycles. The van der Waals surface area contributed by atoms with Gasteiger partial charge in [0.15, 0.2) is 0 Å². The molecule has 2 N–H and O–H groups in total. The summed E-state index contributed by atoms with van der Waals surface area (Å²) in [7, 11) is 0. The maximum absolute atomic E-state index is 12.2. The number of rotatable bonds is 6. The molecule has 0 radical (unpaired) electrons. The molecule has 2 heterocycles. The molecular formula is C19H23N3O4. The zero-order valence-electron chi connectivity index (χ0n) is 14.7. The number of carbonyl (C=O) groups excluding carboxylic acids is 2. The quantitative estimate of drug-likeness (QED) is 0.756. The Morgan fingerprint density at radius 2 is 2.15 bits per heavy atom. The maximum Gasteiger partial charge on any atom is 0.242 e. The van der Waals surface area contributed by atoms with E-state index in [0.717, 1.165) is 16.7 Å². The highest BCUT2D eigenvalue weighted by Crippen LogP contribution is 2.23. The second-order valence-electron chi connectivity index (χ2n) is 6.40. The number of nitrogens with one attached hydrogen (secondary N) is 1. The number of hydrogen-bond donors (Lipinski definition) is 2. The van der Waals surface area contributed by atoms with Crippen molar-refractivity contribution in [2.45, 2.75) is 31.9 Å². The number of aliphatic hydroxyl groups is 1. The number of hydrogen-bond acceptors (Lipinski definition) is 5. The van der Waals surface area contributed by atoms with Gasteiger partial charge in [0.05, 0.1) is 12.7 Å². The highest BCUT2D eigenvalue weighted by atomic mass is 16.5. The summed E-state index contributed by atoms with van der Waals surface area (Å²) in [4.78, 5) is 29.6. The lowest BCUT2D eigenvalue weighted by Gasteiger charge is -2.22. The predicted molar refractivity (Wildman–Crippen MR) is 96.7 cm³/mol. The minimum atomic E-state index is -0.642. The van der Waals surface area contributed by atoms with E-state index in [-0.39, 0.29) is 24.8 Å². The van der Waals surface area contributed by atoms with Gasteiger partial charge in [-0.2, -0.15) is 0 Å². The molecule has 1 aromatic carbocycles. The van der Waals surface area contributed by atoms with Gasteiger partial charge in [0, 0.05) is 38.0 Å². The van der Waals surface area contributed by atoms with Gasteiger partial charge in [0.1, 0.15) is 17.3 Å². The number of aliphatic hydroxyl groups excluding tert-OH is 1. The number of likely N-dealkylation sites (tertiary alicyclic amines) is 1. The second-order valence-corrected chi connectivity index (χ2v) is 6.40. The lowest BCUT2D eigenvalue weighted by molar-refractivity contribution is -0.136. The van der Waals surface area contributed by atoms with Crippen molar-refractivity contribution in [1.82, 2.24) is 15.2 Å². The van der Waals surface area contributed by atoms with Crippen molar-refractivity contribution in [2.24, 2.45) is 0 Å². The number of pyridine rings is 1. The second kappa shape index (κ2) is 8.14. The van der Waals surface area contributed by atoms with Crippen molar-refractivity contribution >= 4 is 22.7 Å². The van der Waals surface area contributed by atoms with Crippen LogP contribution >= 0.6 is 0 Å². The van der Waals surface area contributed by atoms with Crippen LogP contribution in [0.2, 0.25) is 0 Å². The van der Waals surface area contributed by atoms with Crippen molar-refractivity contribution in [3.05, 3.63) is 36.5 Å². The fourth-order valence-corrected chi connectivity index (χ4v) is 3.19. The Morgan fingerprint density at radius 3 is 2.96 bits per heavy atom. The van der Waals surface area contributed by atoms with Gasteiger partial charge < -0.3 is 20.1 Å². The van der Waals surface area contributed by atoms with Crippen LogP contribution in [0.1, 0.15) is 19.8 Å². The molecule has 0 saturated carbocycles. The number of para-hydroxylation sites is 1. The zero-order chi connectivity index (χ0) is 18.5. The van der Waals surface area contributed by atoms with Crippen molar-refractivity contribution in [3.8, 4) is 5.75 Å². The summed E-state index contributed by atoms with van der Waals surface area (Å²) in [6.45, 7) is 2.50. The van der Waals surface area contributed by atoms with Crippen LogP contribution in [0.4, 0.5) is 0 Å². The van der Waals surface area contributed by atoms with Crippen LogP contribution in [0.3, 0.4) is 0 Å². The van der Waals surface area contributed by atoms with Crippen molar-refractivity contribution in [2.75, 3.05) is 19.7 Å². The highest BCUT2D eigenvalue weighted by molar-refractivity contribution is 5.87. The molecule has 1 fully saturated rings. The van der Waals surface area contributed by atoms with E-state index in [1.807, 2.05) is 30.3 Å². The van der Waals surface area contributed by atoms with Gasteiger partial charge in [-0.05, 0) is 18.6 Å². The largest absolute Gasteiger partial charge is 0.491 e. The van der Waals surface area contributed by atoms with Crippen molar-refractivity contribution < 1.29 is 19.4 Å². The minimum Gasteiger partial charge on any atom is -0.491 e. The highest BCUT2D eigenvalue weighted by Gasteiger charge is 2.37. The summed E-state index contributed by atoms with van der Waals surface area (Å²) in [5.41, 5.74) is 0.816. The van der Waals surface area contributed by atoms with Crippen molar-refractivity contribution in [3.63, 3.8) is 0 Å². The normalized spacial score (nSPS) is 19.5. The number of aromatic nitrogens is 1. The number of benzene rings is 1. The molecule has 2 amide bonds. The molecule has 1 aliphatic heterocycles. The van der Waals surface area contributed by atoms with E-state index < -0.39 is 12.1 Å². The first kappa shape index (κ1) is 18.1. The molecule has 138 valence electrons. The topological polar surface area (TPSA) is 91.8 Å². The Labute approximate surface area is 152 Å². The van der Waals surface area contributed by atoms with Gasteiger partial charge in [-0.1, -0.05) is 18.2 Å². The van der Waals surface area contributed by atoms with E-state index in [9.17, 15) is 14.7 Å². The average Bonchev–Trinajstić information content (AvgIpc) is 3.04. The third-order valence-corrected chi connectivity index (χ3v) is 4.46. The van der Waals surface area contributed by atoms with E-state index in [4.69, 9.17) is 4.74 Å². The first-order valence-electron chi connectivity index (χ1n) is 8.76. The fourth-order valence-electron chi connectivity index (χ4n) is 3.19. The van der Waals surface area contributed by atoms with Crippen molar-refractivity contribution in [1.29, 1.82) is 0 Å². The van der Waals surface area contributed by atoms with E-state index in [1.165, 1.54) is 11.8 Å². The van der Waals surface area contributed by atoms with E-state index >= 15 is 0 Å². The van der Waals surface area contributed by atoms with Crippen LogP contribution in [0.5, 0.6) is 5.75 Å². The van der Waals surface area contributed by atoms with Crippen LogP contribution in [0, 0.1) is 0 Å². The number of fused-ring (bicyclic) bond motifs is 1. The number of nitrogens with zero attached hydrogens (tertiary/aromatic N) is 2. The molecule has 0 unspecified atom stereocenters. The average molecular weight is 357 g/mol. The summed E-state index contributed by atoms with van der Waals surface area (Å²) in [5, 5.41) is 13.5. The molecule has 2 aromatic rings. The standard InChI is InChI=1S/C19H23N3O4/c1-13(23)22-12-15(24)11-16(22)19(25)21-9-4-10-26-17-7-2-5-14-6-3-8-20-18(14)17/h2-3,5-8,15-16,24H,4,9-12H2,1H3,(H,21,25)/t15-,16+/m0/s1. The molecule has 0 bridgehead atoms. The van der Waals surface area contributed by atoms with E-state index in [2.05, 4.69) is 10.3 Å². The Kier molecular flexibility index (Phi) is 5.68. The number of β-amino-alcohol motifs (C(OH)–C–C–N with tert-alkyl or cyclic N) is 1. The van der Waals surface area contributed by atoms with Gasteiger partial charge in [0.2, 0.25) is 11.8 Å². The van der Waals surface area contributed by atoms with Gasteiger partial charge in [-0.3, -0.25) is 14.6 Å². The Hall–Kier alpha value is -2.67. The molecular weight excluding hydrogens is 334 g/mol. The van der Waals surface area contributed by atoms with E-state index in [0.29, 0.717) is 19.6 Å². The molecule has 1 aliphatic rings. The summed E-state index contributed by atoms with van der Waals surface area (Å²) in [5.74, 6) is 0.285. The van der Waals surface area contributed by atoms with Crippen LogP contribution < -0.4 is 10.1 Å². The molecule has 1 aromatic heterocycles. The third kappa shape index (κ3) is 4.11. The Bertz CT molecular complexity index is 790. The molecule has 0 aliphatic carbocycles. The molecule has 26 heavy (non-hydrogen) atoms. The van der Waals surface area contributed by atoms with Crippen LogP contribution in [0.25, 0.3) is 10.9 Å². The Morgan fingerprint density at radius 1 is 1.35 bits per heavy atom. The maximum atomic E-state index is 12.2. The van der Waals surface area contributed by atoms with Gasteiger partial charge in [-0.25, -0.2) is 0 Å². The van der Waals surface area contributed by atoms with Crippen LogP contribution in [0.15, 0.2) is 36.5 Å². The molecule has 7 nitrogen and oxygen atoms in total. The van der Waals surface area contributed by atoms with Gasteiger partial charge >= 0.3 is 0 Å². The molecule has 2 atom stereocenters. The van der Waals surface area contributed by atoms with E-state index in [1.54, 1.807) is 6.20 Å². The lowest BCUT2D eigenvalue weighted by Crippen LogP contribution is -2.45. The first-order chi connectivity index (χ1) is 12.6. The monoisotopic (exact) mass is 357 g/mol. The molecule has 0 spiro atoms. The summed E-state index contributed by atoms with van der Waals surface area (Å²) in [6, 6.07) is 9.04. The number of amides is 2. The minimum absolute atomic E-state index is 0.200. The SMILES string of the molecule is CC(=O)N1C[C@@H](O)C[C@@H]1C(=O)NCCCOc1cccc2cccnc12. The predicted octanol–water partition coefficient (Wildman–Crippen LogP) is 1.10. The zero-order valence-corrected chi connectivity index (χ0v) is 14.7. The Balaban J connectivity index is 1.45. The summed E-state index contributed by atoms with van der Waals surface area (Å²) < 4.78 is 5.78. The smallest absolute Gasteiger partial charge is 0.242 e. The summed E-state index contributed by atoms with van der Waals surface area (Å²) in [6.07, 6.45) is 2.00. The molecule has 7 heteroatoms. The van der Waals surface area contributed by atoms with Crippen LogP contribution in [-0.2, 0) is 9.59 Å². The number of ether oxygens (including phenoxy) is 1.